The summed E-state index contributed by atoms with van der Waals surface area (Å²) in [7, 11) is 0. The molecule has 0 aliphatic heterocycles. The number of fused-ring (bicyclic) bond motifs is 2. The first-order valence-electron chi connectivity index (χ1n) is 9.26. The van der Waals surface area contributed by atoms with Crippen molar-refractivity contribution in [1.29, 1.82) is 0 Å². The van der Waals surface area contributed by atoms with Gasteiger partial charge >= 0.3 is 0 Å². The van der Waals surface area contributed by atoms with Crippen LogP contribution in [0.4, 0.5) is 17.7 Å². The molecule has 0 spiro atoms. The van der Waals surface area contributed by atoms with Gasteiger partial charge in [0, 0.05) is 0 Å². The second-order valence-electron chi connectivity index (χ2n) is 6.21. The third-order valence-electron chi connectivity index (χ3n) is 3.93. The van der Waals surface area contributed by atoms with Gasteiger partial charge in [-0.3, -0.25) is 18.9 Å². The fourth-order valence-corrected chi connectivity index (χ4v) is 2.60. The van der Waals surface area contributed by atoms with Crippen molar-refractivity contribution in [2.45, 2.75) is 13.5 Å². The lowest BCUT2D eigenvalue weighted by atomic mass is 10.5. The fourth-order valence-electron chi connectivity index (χ4n) is 2.60. The molecule has 0 saturated heterocycles. The van der Waals surface area contributed by atoms with E-state index in [4.69, 9.17) is 36.9 Å². The zero-order chi connectivity index (χ0) is 23.1. The van der Waals surface area contributed by atoms with Crippen LogP contribution in [0.25, 0.3) is 22.3 Å². The number of imidazole rings is 2. The van der Waals surface area contributed by atoms with Gasteiger partial charge < -0.3 is 36.9 Å². The maximum Gasteiger partial charge on any atom is 0.280 e. The Balaban J connectivity index is 0.000000181. The quantitative estimate of drug-likeness (QED) is 0.154. The van der Waals surface area contributed by atoms with E-state index in [1.54, 1.807) is 4.57 Å². The van der Waals surface area contributed by atoms with E-state index in [-0.39, 0.29) is 68.7 Å². The highest BCUT2D eigenvalue weighted by Crippen LogP contribution is 2.16. The minimum Gasteiger partial charge on any atom is -0.394 e. The molecule has 0 saturated carbocycles. The first-order valence-corrected chi connectivity index (χ1v) is 9.26. The molecule has 0 amide bonds. The van der Waals surface area contributed by atoms with Crippen molar-refractivity contribution in [2.75, 3.05) is 43.6 Å². The summed E-state index contributed by atoms with van der Waals surface area (Å²) in [6, 6.07) is 0. The van der Waals surface area contributed by atoms with Crippen molar-refractivity contribution in [3.63, 3.8) is 0 Å². The van der Waals surface area contributed by atoms with Crippen molar-refractivity contribution in [1.82, 2.24) is 39.0 Å². The number of aromatic nitrogens is 8. The van der Waals surface area contributed by atoms with Crippen LogP contribution >= 0.6 is 0 Å². The number of H-pyrrole nitrogens is 1. The third kappa shape index (κ3) is 5.24. The Hall–Kier alpha value is -3.86. The van der Waals surface area contributed by atoms with Crippen LogP contribution in [0.1, 0.15) is 0 Å². The van der Waals surface area contributed by atoms with E-state index in [9.17, 15) is 4.79 Å². The Morgan fingerprint density at radius 3 is 2.03 bits per heavy atom. The van der Waals surface area contributed by atoms with Crippen molar-refractivity contribution in [3.8, 4) is 0 Å². The average molecular weight is 449 g/mol. The van der Waals surface area contributed by atoms with E-state index >= 15 is 0 Å². The van der Waals surface area contributed by atoms with Gasteiger partial charge in [-0.2, -0.15) is 15.0 Å². The standard InChI is InChI=1S/C8H12N6O2.C8H11N5O3/c9-6-5-7(13-8(10)12-6)14(3-11-5)4-16-2-1-15;9-8-11-6-5(7(15)12-8)10-3-13(6)4-16-2-1-14/h3,15H,1-2,4H2,(H4,9,10,12,13);3,14H,1-2,4H2,(H3,9,11,12,15). The lowest BCUT2D eigenvalue weighted by molar-refractivity contribution is 0.0499. The highest BCUT2D eigenvalue weighted by atomic mass is 16.5. The number of nitrogens with one attached hydrogen (secondary N) is 1. The largest absolute Gasteiger partial charge is 0.394 e. The Labute approximate surface area is 179 Å². The molecule has 16 nitrogen and oxygen atoms in total. The molecule has 0 atom stereocenters. The van der Waals surface area contributed by atoms with Gasteiger partial charge in [0.15, 0.2) is 22.6 Å². The first-order chi connectivity index (χ1) is 15.4. The summed E-state index contributed by atoms with van der Waals surface area (Å²) in [6.45, 7) is 0.739. The van der Waals surface area contributed by atoms with Gasteiger partial charge in [-0.1, -0.05) is 0 Å². The molecule has 0 fully saturated rings. The van der Waals surface area contributed by atoms with Crippen LogP contribution in [0.2, 0.25) is 0 Å². The number of anilines is 3. The van der Waals surface area contributed by atoms with E-state index in [1.165, 1.54) is 17.2 Å². The van der Waals surface area contributed by atoms with E-state index in [1.807, 2.05) is 0 Å². The summed E-state index contributed by atoms with van der Waals surface area (Å²) in [4.78, 5) is 33.5. The Kier molecular flexibility index (Phi) is 7.45. The second kappa shape index (κ2) is 10.4. The molecular formula is C16H23N11O5. The smallest absolute Gasteiger partial charge is 0.280 e. The molecule has 0 aromatic carbocycles. The number of nitrogen functional groups attached to an aromatic ring is 3. The van der Waals surface area contributed by atoms with Gasteiger partial charge in [0.2, 0.25) is 11.9 Å². The topological polar surface area (TPSA) is 244 Å². The molecule has 0 radical (unpaired) electrons. The summed E-state index contributed by atoms with van der Waals surface area (Å²) in [5.41, 5.74) is 17.7. The van der Waals surface area contributed by atoms with Crippen molar-refractivity contribution < 1.29 is 19.7 Å². The second-order valence-corrected chi connectivity index (χ2v) is 6.21. The zero-order valence-electron chi connectivity index (χ0n) is 16.9. The molecule has 0 aliphatic rings. The van der Waals surface area contributed by atoms with E-state index < -0.39 is 0 Å². The number of rotatable bonds is 8. The van der Waals surface area contributed by atoms with Crippen LogP contribution in [0.15, 0.2) is 17.4 Å². The zero-order valence-corrected chi connectivity index (χ0v) is 16.9. The molecule has 0 aliphatic carbocycles. The Bertz CT molecular complexity index is 1230. The summed E-state index contributed by atoms with van der Waals surface area (Å²) in [6.07, 6.45) is 2.97. The SMILES string of the molecule is Nc1nc(N)c2ncn(COCCO)c2n1.Nc1nc2c(ncn2COCCO)c(=O)[nH]1. The number of aliphatic hydroxyl groups excluding tert-OH is 2. The van der Waals surface area contributed by atoms with Gasteiger partial charge in [0.05, 0.1) is 39.1 Å². The molecule has 4 rings (SSSR count). The molecule has 4 aromatic rings. The predicted molar refractivity (Wildman–Crippen MR) is 113 cm³/mol. The van der Waals surface area contributed by atoms with Crippen LogP contribution in [0, 0.1) is 0 Å². The number of nitrogens with two attached hydrogens (primary N) is 3. The highest BCUT2D eigenvalue weighted by Gasteiger charge is 2.10. The lowest BCUT2D eigenvalue weighted by Gasteiger charge is -2.04. The Morgan fingerprint density at radius 2 is 1.44 bits per heavy atom. The summed E-state index contributed by atoms with van der Waals surface area (Å²) in [5, 5.41) is 17.1. The number of ether oxygens (including phenoxy) is 2. The van der Waals surface area contributed by atoms with E-state index in [0.717, 1.165) is 0 Å². The molecule has 4 aromatic heterocycles. The van der Waals surface area contributed by atoms with E-state index in [0.29, 0.717) is 16.8 Å². The molecule has 9 N–H and O–H groups in total. The van der Waals surface area contributed by atoms with Gasteiger partial charge in [-0.15, -0.1) is 0 Å². The number of aliphatic hydroxyl groups is 2. The van der Waals surface area contributed by atoms with Gasteiger partial charge in [-0.05, 0) is 0 Å². The van der Waals surface area contributed by atoms with Crippen LogP contribution in [0.3, 0.4) is 0 Å². The van der Waals surface area contributed by atoms with Crippen molar-refractivity contribution in [2.24, 2.45) is 0 Å². The molecule has 0 unspecified atom stereocenters. The molecule has 32 heavy (non-hydrogen) atoms. The van der Waals surface area contributed by atoms with Crippen LogP contribution in [-0.4, -0.2) is 75.7 Å². The minimum atomic E-state index is -0.386. The third-order valence-corrected chi connectivity index (χ3v) is 3.93. The maximum absolute atomic E-state index is 11.4. The van der Waals surface area contributed by atoms with Gasteiger partial charge in [-0.25, -0.2) is 9.97 Å². The molecule has 4 heterocycles. The monoisotopic (exact) mass is 449 g/mol. The number of aromatic amines is 1. The van der Waals surface area contributed by atoms with Crippen LogP contribution < -0.4 is 22.8 Å². The number of nitrogens with zero attached hydrogens (tertiary/aromatic N) is 7. The Morgan fingerprint density at radius 1 is 0.875 bits per heavy atom. The fraction of sp³-hybridized carbons (Fsp3) is 0.375. The number of hydrogen-bond donors (Lipinski definition) is 6. The summed E-state index contributed by atoms with van der Waals surface area (Å²) >= 11 is 0. The molecular weight excluding hydrogens is 426 g/mol. The molecule has 172 valence electrons. The van der Waals surface area contributed by atoms with Gasteiger partial charge in [0.1, 0.15) is 19.0 Å². The molecule has 16 heteroatoms. The normalized spacial score (nSPS) is 11.1. The highest BCUT2D eigenvalue weighted by molar-refractivity contribution is 5.82. The number of hydrogen-bond acceptors (Lipinski definition) is 13. The maximum atomic E-state index is 11.4. The first kappa shape index (κ1) is 22.8. The lowest BCUT2D eigenvalue weighted by Crippen LogP contribution is -2.13. The van der Waals surface area contributed by atoms with E-state index in [2.05, 4.69) is 29.9 Å². The van der Waals surface area contributed by atoms with Crippen molar-refractivity contribution >= 4 is 40.0 Å². The summed E-state index contributed by atoms with van der Waals surface area (Å²) in [5.74, 6) is 0.360. The van der Waals surface area contributed by atoms with Gasteiger partial charge in [0.25, 0.3) is 5.56 Å². The van der Waals surface area contributed by atoms with Crippen LogP contribution in [-0.2, 0) is 22.9 Å². The van der Waals surface area contributed by atoms with Crippen LogP contribution in [0.5, 0.6) is 0 Å². The summed E-state index contributed by atoms with van der Waals surface area (Å²) < 4.78 is 13.4. The van der Waals surface area contributed by atoms with Crippen molar-refractivity contribution in [3.05, 3.63) is 23.0 Å². The predicted octanol–water partition coefficient (Wildman–Crippen LogP) is -2.37. The average Bonchev–Trinajstić information content (AvgIpc) is 3.34. The molecule has 0 bridgehead atoms. The minimum absolute atomic E-state index is 0.0291.